The van der Waals surface area contributed by atoms with E-state index in [1.807, 2.05) is 4.98 Å². The molecule has 0 saturated carbocycles. The van der Waals surface area contributed by atoms with Crippen molar-refractivity contribution in [2.45, 2.75) is 22.0 Å². The number of nitrogens with zero attached hydrogens (tertiary/aromatic N) is 1. The van der Waals surface area contributed by atoms with E-state index in [0.29, 0.717) is 0 Å². The molecule has 0 amide bonds. The van der Waals surface area contributed by atoms with E-state index in [-0.39, 0.29) is 6.61 Å². The predicted molar refractivity (Wildman–Crippen MR) is 57.9 cm³/mol. The number of aromatic amines is 1. The summed E-state index contributed by atoms with van der Waals surface area (Å²) in [6, 6.07) is 1.13. The first-order valence-electron chi connectivity index (χ1n) is 4.94. The number of rotatable bonds is 2. The van der Waals surface area contributed by atoms with Crippen LogP contribution in [-0.2, 0) is 0 Å². The van der Waals surface area contributed by atoms with Gasteiger partial charge in [0.15, 0.2) is 0 Å². The first-order valence-corrected chi connectivity index (χ1v) is 6.92. The molecule has 2 rings (SSSR count). The zero-order valence-corrected chi connectivity index (χ0v) is 10.3. The number of alkyl halides is 1. The van der Waals surface area contributed by atoms with Crippen LogP contribution in [-0.4, -0.2) is 53.6 Å². The quantitative estimate of drug-likeness (QED) is 0.564. The summed E-state index contributed by atoms with van der Waals surface area (Å²) in [5, 5.41) is 18.5. The first-order chi connectivity index (χ1) is 8.04. The fourth-order valence-electron chi connectivity index (χ4n) is 1.71. The van der Waals surface area contributed by atoms with Crippen LogP contribution in [0, 0.1) is 0 Å². The molecule has 3 N–H and O–H groups in total. The van der Waals surface area contributed by atoms with Gasteiger partial charge in [-0.3, -0.25) is 0 Å². The van der Waals surface area contributed by atoms with Gasteiger partial charge in [0.05, 0.1) is 0 Å². The van der Waals surface area contributed by atoms with Crippen molar-refractivity contribution in [2.75, 3.05) is 6.61 Å². The van der Waals surface area contributed by atoms with Crippen molar-refractivity contribution in [2.24, 2.45) is 0 Å². The van der Waals surface area contributed by atoms with Gasteiger partial charge in [0.1, 0.15) is 0 Å². The third kappa shape index (κ3) is 2.21. The molecular weight excluding hydrogens is 298 g/mol. The van der Waals surface area contributed by atoms with Crippen LogP contribution in [0.2, 0.25) is 4.82 Å². The molecule has 94 valence electrons. The summed E-state index contributed by atoms with van der Waals surface area (Å²) >= 11 is -0.449. The second-order valence-electron chi connectivity index (χ2n) is 3.70. The molecule has 1 aliphatic rings. The van der Waals surface area contributed by atoms with Gasteiger partial charge in [0.25, 0.3) is 0 Å². The van der Waals surface area contributed by atoms with Gasteiger partial charge in [-0.15, -0.1) is 0 Å². The van der Waals surface area contributed by atoms with E-state index in [1.165, 1.54) is 6.20 Å². The van der Waals surface area contributed by atoms with Gasteiger partial charge >= 0.3 is 101 Å². The van der Waals surface area contributed by atoms with E-state index < -0.39 is 48.2 Å². The number of halogens is 1. The van der Waals surface area contributed by atoms with Crippen LogP contribution in [0.4, 0.5) is 4.39 Å². The van der Waals surface area contributed by atoms with Crippen LogP contribution >= 0.6 is 0 Å². The average Bonchev–Trinajstić information content (AvgIpc) is 2.57. The van der Waals surface area contributed by atoms with E-state index in [9.17, 15) is 19.1 Å². The Kier molecular flexibility index (Phi) is 3.48. The van der Waals surface area contributed by atoms with Crippen molar-refractivity contribution in [1.29, 1.82) is 0 Å². The molecule has 0 aromatic carbocycles. The summed E-state index contributed by atoms with van der Waals surface area (Å²) in [5.41, 5.74) is -1.25. The Morgan fingerprint density at radius 2 is 2.24 bits per heavy atom. The third-order valence-corrected chi connectivity index (χ3v) is 5.84. The summed E-state index contributed by atoms with van der Waals surface area (Å²) in [4.78, 5) is 23.1. The van der Waals surface area contributed by atoms with E-state index in [0.717, 1.165) is 10.6 Å². The molecular formula is C9H11FN2O4Se. The van der Waals surface area contributed by atoms with Gasteiger partial charge in [0.2, 0.25) is 0 Å². The van der Waals surface area contributed by atoms with Crippen molar-refractivity contribution < 1.29 is 14.6 Å². The summed E-state index contributed by atoms with van der Waals surface area (Å²) in [5.74, 6) is 0. The van der Waals surface area contributed by atoms with Gasteiger partial charge in [-0.25, -0.2) is 0 Å². The van der Waals surface area contributed by atoms with Gasteiger partial charge in [-0.1, -0.05) is 0 Å². The number of hydrogen-bond donors (Lipinski definition) is 3. The molecule has 1 aromatic rings. The van der Waals surface area contributed by atoms with Crippen molar-refractivity contribution in [3.63, 3.8) is 0 Å². The van der Waals surface area contributed by atoms with Crippen LogP contribution in [0.5, 0.6) is 0 Å². The van der Waals surface area contributed by atoms with Crippen molar-refractivity contribution in [1.82, 2.24) is 9.55 Å². The van der Waals surface area contributed by atoms with Gasteiger partial charge in [-0.05, 0) is 0 Å². The molecule has 8 heteroatoms. The third-order valence-electron chi connectivity index (χ3n) is 2.60. The number of H-pyrrole nitrogens is 1. The Balaban J connectivity index is 2.35. The normalized spacial score (nSPS) is 32.9. The number of aromatic nitrogens is 2. The maximum absolute atomic E-state index is 13.8. The average molecular weight is 309 g/mol. The molecule has 4 atom stereocenters. The van der Waals surface area contributed by atoms with E-state index in [1.54, 1.807) is 0 Å². The molecule has 0 aliphatic carbocycles. The predicted octanol–water partition coefficient (Wildman–Crippen LogP) is -1.77. The Labute approximate surface area is 101 Å². The number of hydrogen-bond acceptors (Lipinski definition) is 4. The van der Waals surface area contributed by atoms with E-state index >= 15 is 0 Å². The number of nitrogens with one attached hydrogen (secondary N) is 1. The molecule has 1 saturated heterocycles. The van der Waals surface area contributed by atoms with Crippen LogP contribution in [0.1, 0.15) is 4.94 Å². The van der Waals surface area contributed by atoms with Gasteiger partial charge in [0, 0.05) is 0 Å². The van der Waals surface area contributed by atoms with Crippen LogP contribution in [0.15, 0.2) is 21.9 Å². The van der Waals surface area contributed by atoms with E-state index in [2.05, 4.69) is 0 Å². The summed E-state index contributed by atoms with van der Waals surface area (Å²) in [7, 11) is 0. The zero-order valence-electron chi connectivity index (χ0n) is 8.62. The molecule has 17 heavy (non-hydrogen) atoms. The Bertz CT molecular complexity index is 516. The topological polar surface area (TPSA) is 95.3 Å². The minimum absolute atomic E-state index is 0.309. The summed E-state index contributed by atoms with van der Waals surface area (Å²) in [6.45, 7) is -0.309. The minimum atomic E-state index is -1.60. The van der Waals surface area contributed by atoms with Crippen LogP contribution in [0.3, 0.4) is 0 Å². The summed E-state index contributed by atoms with van der Waals surface area (Å²) in [6.07, 6.45) is -1.65. The molecule has 0 unspecified atom stereocenters. The standard InChI is InChI=1S/C9H11FN2O4Se/c10-6-7(15)4(3-13)17-8(6)12-2-1-5(14)11-9(12)16/h1-2,4,6-8,13,15H,3H2,(H,11,14,16)/t4-,6+,7-,8-/m1/s1. The van der Waals surface area contributed by atoms with Gasteiger partial charge < -0.3 is 0 Å². The summed E-state index contributed by atoms with van der Waals surface area (Å²) < 4.78 is 14.9. The molecule has 0 bridgehead atoms. The fourth-order valence-corrected chi connectivity index (χ4v) is 4.57. The number of aliphatic hydroxyl groups excluding tert-OH is 2. The maximum atomic E-state index is 13.8. The van der Waals surface area contributed by atoms with Crippen molar-refractivity contribution >= 4 is 15.0 Å². The first kappa shape index (κ1) is 12.5. The molecule has 0 spiro atoms. The SMILES string of the molecule is O=c1ccn([C@@H]2[Se][C@H](CO)[C@@H](O)[C@@H]2F)c(=O)[nH]1. The molecule has 1 fully saturated rings. The fraction of sp³-hybridized carbons (Fsp3) is 0.556. The Morgan fingerprint density at radius 1 is 1.53 bits per heavy atom. The zero-order chi connectivity index (χ0) is 12.6. The molecule has 1 aromatic heterocycles. The monoisotopic (exact) mass is 310 g/mol. The van der Waals surface area contributed by atoms with Crippen LogP contribution in [0.25, 0.3) is 0 Å². The van der Waals surface area contributed by atoms with Crippen LogP contribution < -0.4 is 11.2 Å². The Morgan fingerprint density at radius 3 is 2.76 bits per heavy atom. The molecule has 0 radical (unpaired) electrons. The second-order valence-corrected chi connectivity index (χ2v) is 6.55. The molecule has 1 aliphatic heterocycles. The van der Waals surface area contributed by atoms with E-state index in [4.69, 9.17) is 5.11 Å². The van der Waals surface area contributed by atoms with Gasteiger partial charge in [-0.2, -0.15) is 0 Å². The molecule has 6 nitrogen and oxygen atoms in total. The molecule has 2 heterocycles. The Hall–Kier alpha value is -0.951. The number of aliphatic hydroxyl groups is 2. The van der Waals surface area contributed by atoms with Crippen molar-refractivity contribution in [3.8, 4) is 0 Å². The second kappa shape index (κ2) is 4.73. The van der Waals surface area contributed by atoms with Crippen molar-refractivity contribution in [3.05, 3.63) is 33.1 Å².